The van der Waals surface area contributed by atoms with Crippen LogP contribution < -0.4 is 0 Å². The van der Waals surface area contributed by atoms with Crippen LogP contribution in [-0.4, -0.2) is 0 Å². The molecule has 0 saturated heterocycles. The van der Waals surface area contributed by atoms with Gasteiger partial charge in [0.2, 0.25) is 0 Å². The zero-order valence-corrected chi connectivity index (χ0v) is 22.3. The molecule has 0 N–H and O–H groups in total. The first-order chi connectivity index (χ1) is 19.3. The van der Waals surface area contributed by atoms with Crippen molar-refractivity contribution in [2.75, 3.05) is 0 Å². The van der Waals surface area contributed by atoms with E-state index in [9.17, 15) is 0 Å². The van der Waals surface area contributed by atoms with Crippen molar-refractivity contribution in [2.45, 2.75) is 11.8 Å². The molecule has 0 bridgehead atoms. The van der Waals surface area contributed by atoms with Crippen LogP contribution >= 0.6 is 11.3 Å². The normalized spacial score (nSPS) is 13.4. The maximum absolute atomic E-state index is 2.38. The Morgan fingerprint density at radius 2 is 1.00 bits per heavy atom. The molecule has 0 aliphatic heterocycles. The molecule has 0 amide bonds. The molecular formula is C38H26S. The Morgan fingerprint density at radius 1 is 0.436 bits per heavy atom. The van der Waals surface area contributed by atoms with Gasteiger partial charge in [-0.2, -0.15) is 0 Å². The van der Waals surface area contributed by atoms with E-state index in [1.54, 1.807) is 0 Å². The van der Waals surface area contributed by atoms with Crippen molar-refractivity contribution in [1.29, 1.82) is 0 Å². The molecule has 0 unspecified atom stereocenters. The molecule has 0 fully saturated rings. The highest BCUT2D eigenvalue weighted by molar-refractivity contribution is 7.25. The minimum Gasteiger partial charge on any atom is -0.135 e. The molecule has 7 aromatic rings. The van der Waals surface area contributed by atoms with Crippen LogP contribution in [-0.2, 0) is 11.8 Å². The van der Waals surface area contributed by atoms with Gasteiger partial charge in [0.25, 0.3) is 0 Å². The van der Waals surface area contributed by atoms with Gasteiger partial charge in [-0.05, 0) is 63.1 Å². The summed E-state index contributed by atoms with van der Waals surface area (Å²) in [6.45, 7) is 0. The standard InChI is InChI=1S/C38H26S/c1-2-10-28(11-3-1)38(34-15-7-4-12-30(34)31-13-5-8-16-35(31)38)29-21-18-26(19-22-29)24-27-20-23-33-32-14-6-9-17-36(32)39-37(33)25-27/h1-23,25H,24H2. The molecule has 0 radical (unpaired) electrons. The molecule has 1 heteroatoms. The van der Waals surface area contributed by atoms with E-state index in [0.29, 0.717) is 0 Å². The summed E-state index contributed by atoms with van der Waals surface area (Å²) < 4.78 is 2.73. The van der Waals surface area contributed by atoms with Crippen LogP contribution in [0.5, 0.6) is 0 Å². The summed E-state index contributed by atoms with van der Waals surface area (Å²) in [7, 11) is 0. The van der Waals surface area contributed by atoms with E-state index in [4.69, 9.17) is 0 Å². The summed E-state index contributed by atoms with van der Waals surface area (Å²) in [4.78, 5) is 0. The Morgan fingerprint density at radius 3 is 1.74 bits per heavy atom. The fourth-order valence-corrected chi connectivity index (χ4v) is 7.87. The second-order valence-electron chi connectivity index (χ2n) is 10.5. The van der Waals surface area contributed by atoms with E-state index in [2.05, 4.69) is 146 Å². The first-order valence-electron chi connectivity index (χ1n) is 13.6. The molecule has 0 nitrogen and oxygen atoms in total. The Kier molecular flexibility index (Phi) is 5.08. The molecule has 8 rings (SSSR count). The SMILES string of the molecule is c1ccc(C2(c3ccc(Cc4ccc5c(c4)sc4ccccc45)cc3)c3ccccc3-c3ccccc32)cc1. The summed E-state index contributed by atoms with van der Waals surface area (Å²) in [5, 5.41) is 2.72. The van der Waals surface area contributed by atoms with Crippen LogP contribution in [0, 0.1) is 0 Å². The lowest BCUT2D eigenvalue weighted by atomic mass is 9.67. The van der Waals surface area contributed by atoms with Gasteiger partial charge in [0.05, 0.1) is 5.41 Å². The fourth-order valence-electron chi connectivity index (χ4n) is 6.70. The number of hydrogen-bond donors (Lipinski definition) is 0. The topological polar surface area (TPSA) is 0 Å². The predicted molar refractivity (Wildman–Crippen MR) is 166 cm³/mol. The van der Waals surface area contributed by atoms with E-state index >= 15 is 0 Å². The molecule has 0 saturated carbocycles. The summed E-state index contributed by atoms with van der Waals surface area (Å²) in [5.41, 5.74) is 10.4. The largest absolute Gasteiger partial charge is 0.135 e. The summed E-state index contributed by atoms with van der Waals surface area (Å²) in [5.74, 6) is 0. The third-order valence-corrected chi connectivity index (χ3v) is 9.53. The maximum atomic E-state index is 2.38. The average molecular weight is 515 g/mol. The minimum atomic E-state index is -0.330. The zero-order chi connectivity index (χ0) is 25.8. The van der Waals surface area contributed by atoms with Crippen molar-refractivity contribution in [3.8, 4) is 11.1 Å². The Hall–Kier alpha value is -4.46. The van der Waals surface area contributed by atoms with Gasteiger partial charge < -0.3 is 0 Å². The van der Waals surface area contributed by atoms with Gasteiger partial charge in [-0.1, -0.05) is 133 Å². The average Bonchev–Trinajstić information content (AvgIpc) is 3.52. The molecule has 184 valence electrons. The third kappa shape index (κ3) is 3.37. The predicted octanol–water partition coefficient (Wildman–Crippen LogP) is 10.0. The number of rotatable bonds is 4. The summed E-state index contributed by atoms with van der Waals surface area (Å²) >= 11 is 1.89. The van der Waals surface area contributed by atoms with Gasteiger partial charge in [-0.15, -0.1) is 11.3 Å². The minimum absolute atomic E-state index is 0.330. The Labute approximate surface area is 232 Å². The van der Waals surface area contributed by atoms with Crippen LogP contribution in [0.15, 0.2) is 146 Å². The Balaban J connectivity index is 1.23. The monoisotopic (exact) mass is 514 g/mol. The van der Waals surface area contributed by atoms with E-state index < -0.39 is 0 Å². The molecule has 1 aliphatic carbocycles. The second kappa shape index (κ2) is 8.80. The van der Waals surface area contributed by atoms with Gasteiger partial charge in [-0.3, -0.25) is 0 Å². The fraction of sp³-hybridized carbons (Fsp3) is 0.0526. The highest BCUT2D eigenvalue weighted by atomic mass is 32.1. The number of hydrogen-bond acceptors (Lipinski definition) is 1. The van der Waals surface area contributed by atoms with Gasteiger partial charge >= 0.3 is 0 Å². The van der Waals surface area contributed by atoms with E-state index in [1.165, 1.54) is 64.7 Å². The van der Waals surface area contributed by atoms with Crippen molar-refractivity contribution < 1.29 is 0 Å². The van der Waals surface area contributed by atoms with Gasteiger partial charge in [-0.25, -0.2) is 0 Å². The third-order valence-electron chi connectivity index (χ3n) is 8.40. The van der Waals surface area contributed by atoms with Gasteiger partial charge in [0.1, 0.15) is 0 Å². The molecule has 1 heterocycles. The number of benzene rings is 6. The summed E-state index contributed by atoms with van der Waals surface area (Å²) in [6, 6.07) is 54.0. The van der Waals surface area contributed by atoms with E-state index in [0.717, 1.165) is 6.42 Å². The van der Waals surface area contributed by atoms with Crippen molar-refractivity contribution in [3.05, 3.63) is 179 Å². The smallest absolute Gasteiger partial charge is 0.0713 e. The first kappa shape index (κ1) is 22.5. The summed E-state index contributed by atoms with van der Waals surface area (Å²) in [6.07, 6.45) is 0.927. The van der Waals surface area contributed by atoms with E-state index in [-0.39, 0.29) is 5.41 Å². The van der Waals surface area contributed by atoms with Crippen LogP contribution in [0.2, 0.25) is 0 Å². The lowest BCUT2D eigenvalue weighted by Crippen LogP contribution is -2.28. The van der Waals surface area contributed by atoms with Crippen LogP contribution in [0.4, 0.5) is 0 Å². The first-order valence-corrected chi connectivity index (χ1v) is 14.4. The number of fused-ring (bicyclic) bond motifs is 6. The van der Waals surface area contributed by atoms with Crippen molar-refractivity contribution in [1.82, 2.24) is 0 Å². The van der Waals surface area contributed by atoms with Gasteiger partial charge in [0.15, 0.2) is 0 Å². The lowest BCUT2D eigenvalue weighted by molar-refractivity contribution is 0.767. The lowest BCUT2D eigenvalue weighted by Gasteiger charge is -2.34. The molecule has 39 heavy (non-hydrogen) atoms. The molecule has 6 aromatic carbocycles. The van der Waals surface area contributed by atoms with E-state index in [1.807, 2.05) is 11.3 Å². The Bertz CT molecular complexity index is 1930. The molecule has 0 atom stereocenters. The molecular weight excluding hydrogens is 488 g/mol. The maximum Gasteiger partial charge on any atom is 0.0713 e. The number of thiophene rings is 1. The highest BCUT2D eigenvalue weighted by Crippen LogP contribution is 2.55. The van der Waals surface area contributed by atoms with Crippen molar-refractivity contribution in [3.63, 3.8) is 0 Å². The quantitative estimate of drug-likeness (QED) is 0.219. The molecule has 1 aromatic heterocycles. The molecule has 0 spiro atoms. The highest BCUT2D eigenvalue weighted by Gasteiger charge is 2.45. The van der Waals surface area contributed by atoms with Crippen molar-refractivity contribution >= 4 is 31.5 Å². The van der Waals surface area contributed by atoms with Crippen LogP contribution in [0.25, 0.3) is 31.3 Å². The van der Waals surface area contributed by atoms with Crippen molar-refractivity contribution in [2.24, 2.45) is 0 Å². The van der Waals surface area contributed by atoms with Crippen LogP contribution in [0.1, 0.15) is 33.4 Å². The second-order valence-corrected chi connectivity index (χ2v) is 11.6. The zero-order valence-electron chi connectivity index (χ0n) is 21.5. The van der Waals surface area contributed by atoms with Gasteiger partial charge in [0, 0.05) is 20.2 Å². The molecule has 1 aliphatic rings. The van der Waals surface area contributed by atoms with Crippen LogP contribution in [0.3, 0.4) is 0 Å².